The Morgan fingerprint density at radius 2 is 2.00 bits per heavy atom. The molecule has 20 heavy (non-hydrogen) atoms. The Morgan fingerprint density at radius 3 is 2.50 bits per heavy atom. The SMILES string of the molecule is CNS(=O)(=O)c1ccc(NCCSC(F)(F)F)cc1N. The van der Waals surface area contributed by atoms with E-state index in [0.717, 1.165) is 0 Å². The molecule has 0 heterocycles. The fraction of sp³-hybridized carbons (Fsp3) is 0.400. The average molecular weight is 329 g/mol. The topological polar surface area (TPSA) is 84.2 Å². The zero-order valence-electron chi connectivity index (χ0n) is 10.5. The second-order valence-corrected chi connectivity index (χ2v) is 6.70. The summed E-state index contributed by atoms with van der Waals surface area (Å²) in [4.78, 5) is -0.0739. The van der Waals surface area contributed by atoms with Crippen molar-refractivity contribution in [3.63, 3.8) is 0 Å². The van der Waals surface area contributed by atoms with Gasteiger partial charge in [0.15, 0.2) is 0 Å². The van der Waals surface area contributed by atoms with Crippen LogP contribution in [-0.4, -0.2) is 33.3 Å². The molecule has 5 nitrogen and oxygen atoms in total. The maximum Gasteiger partial charge on any atom is 0.441 e. The van der Waals surface area contributed by atoms with Gasteiger partial charge in [-0.25, -0.2) is 13.1 Å². The summed E-state index contributed by atoms with van der Waals surface area (Å²) >= 11 is -0.132. The number of nitrogens with one attached hydrogen (secondary N) is 2. The molecule has 0 spiro atoms. The van der Waals surface area contributed by atoms with Crippen molar-refractivity contribution in [2.75, 3.05) is 30.4 Å². The highest BCUT2D eigenvalue weighted by molar-refractivity contribution is 8.00. The summed E-state index contributed by atoms with van der Waals surface area (Å²) in [6, 6.07) is 4.10. The number of benzene rings is 1. The van der Waals surface area contributed by atoms with E-state index in [9.17, 15) is 21.6 Å². The summed E-state index contributed by atoms with van der Waals surface area (Å²) in [7, 11) is -2.39. The first-order valence-electron chi connectivity index (χ1n) is 5.43. The van der Waals surface area contributed by atoms with Crippen LogP contribution >= 0.6 is 11.8 Å². The van der Waals surface area contributed by atoms with Crippen LogP contribution in [0.4, 0.5) is 24.5 Å². The number of nitrogen functional groups attached to an aromatic ring is 1. The molecule has 0 amide bonds. The lowest BCUT2D eigenvalue weighted by Crippen LogP contribution is -2.20. The molecule has 1 aromatic rings. The number of sulfonamides is 1. The lowest BCUT2D eigenvalue weighted by atomic mass is 10.3. The summed E-state index contributed by atoms with van der Waals surface area (Å²) in [5.41, 5.74) is 1.83. The molecule has 1 aromatic carbocycles. The molecule has 10 heteroatoms. The Morgan fingerprint density at radius 1 is 1.35 bits per heavy atom. The Hall–Kier alpha value is -1.13. The van der Waals surface area contributed by atoms with E-state index in [2.05, 4.69) is 10.0 Å². The maximum absolute atomic E-state index is 11.9. The van der Waals surface area contributed by atoms with Gasteiger partial charge in [0, 0.05) is 18.0 Å². The number of rotatable bonds is 6. The van der Waals surface area contributed by atoms with Crippen molar-refractivity contribution < 1.29 is 21.6 Å². The number of alkyl halides is 3. The molecule has 0 atom stereocenters. The van der Waals surface area contributed by atoms with Crippen LogP contribution in [0.1, 0.15) is 0 Å². The average Bonchev–Trinajstić information content (AvgIpc) is 2.33. The first-order chi connectivity index (χ1) is 9.15. The van der Waals surface area contributed by atoms with E-state index in [-0.39, 0.29) is 34.6 Å². The fourth-order valence-corrected chi connectivity index (χ4v) is 2.65. The second kappa shape index (κ2) is 6.55. The molecule has 114 valence electrons. The standard InChI is InChI=1S/C10H14F3N3O2S2/c1-15-20(17,18)9-3-2-7(6-8(9)14)16-4-5-19-10(11,12)13/h2-3,6,15-16H,4-5,14H2,1H3. The Kier molecular flexibility index (Phi) is 5.54. The number of thioether (sulfide) groups is 1. The molecule has 0 radical (unpaired) electrons. The highest BCUT2D eigenvalue weighted by atomic mass is 32.2. The van der Waals surface area contributed by atoms with E-state index in [0.29, 0.717) is 5.69 Å². The van der Waals surface area contributed by atoms with Crippen molar-refractivity contribution >= 4 is 33.2 Å². The van der Waals surface area contributed by atoms with Gasteiger partial charge >= 0.3 is 5.51 Å². The second-order valence-electron chi connectivity index (χ2n) is 3.68. The van der Waals surface area contributed by atoms with Crippen molar-refractivity contribution in [1.82, 2.24) is 4.72 Å². The largest absolute Gasteiger partial charge is 0.441 e. The molecule has 0 unspecified atom stereocenters. The zero-order valence-corrected chi connectivity index (χ0v) is 12.1. The predicted molar refractivity (Wildman–Crippen MR) is 74.1 cm³/mol. The molecule has 0 bridgehead atoms. The van der Waals surface area contributed by atoms with E-state index in [1.165, 1.54) is 25.2 Å². The van der Waals surface area contributed by atoms with Gasteiger partial charge in [0.2, 0.25) is 10.0 Å². The molecule has 0 saturated carbocycles. The number of hydrogen-bond acceptors (Lipinski definition) is 5. The van der Waals surface area contributed by atoms with Gasteiger partial charge in [-0.05, 0) is 37.0 Å². The molecule has 0 aliphatic rings. The third-order valence-corrected chi connectivity index (χ3v) is 4.49. The first-order valence-corrected chi connectivity index (χ1v) is 7.90. The van der Waals surface area contributed by atoms with Gasteiger partial charge in [-0.1, -0.05) is 0 Å². The van der Waals surface area contributed by atoms with Gasteiger partial charge in [0.1, 0.15) is 4.90 Å². The van der Waals surface area contributed by atoms with E-state index < -0.39 is 15.5 Å². The third-order valence-electron chi connectivity index (χ3n) is 2.26. The summed E-state index contributed by atoms with van der Waals surface area (Å²) < 4.78 is 61.0. The predicted octanol–water partition coefficient (Wildman–Crippen LogP) is 1.84. The Bertz CT molecular complexity index is 561. The van der Waals surface area contributed by atoms with Gasteiger partial charge in [-0.3, -0.25) is 0 Å². The van der Waals surface area contributed by atoms with Crippen LogP contribution in [0.3, 0.4) is 0 Å². The normalized spacial score (nSPS) is 12.4. The summed E-state index contributed by atoms with van der Waals surface area (Å²) in [5, 5.41) is 2.74. The molecule has 0 saturated heterocycles. The highest BCUT2D eigenvalue weighted by Gasteiger charge is 2.27. The molecule has 0 fully saturated rings. The van der Waals surface area contributed by atoms with Crippen molar-refractivity contribution in [2.45, 2.75) is 10.4 Å². The smallest absolute Gasteiger partial charge is 0.398 e. The van der Waals surface area contributed by atoms with Gasteiger partial charge in [-0.15, -0.1) is 0 Å². The summed E-state index contributed by atoms with van der Waals surface area (Å²) in [5.74, 6) is -0.153. The van der Waals surface area contributed by atoms with E-state index in [1.54, 1.807) is 0 Å². The summed E-state index contributed by atoms with van der Waals surface area (Å²) in [6.07, 6.45) is 0. The fourth-order valence-electron chi connectivity index (χ4n) is 1.38. The molecular formula is C10H14F3N3O2S2. The number of halogens is 3. The minimum Gasteiger partial charge on any atom is -0.398 e. The quantitative estimate of drug-likeness (QED) is 0.548. The Balaban J connectivity index is 2.65. The van der Waals surface area contributed by atoms with Crippen LogP contribution < -0.4 is 15.8 Å². The van der Waals surface area contributed by atoms with Crippen LogP contribution in [0.15, 0.2) is 23.1 Å². The lowest BCUT2D eigenvalue weighted by Gasteiger charge is -2.11. The van der Waals surface area contributed by atoms with Gasteiger partial charge in [0.05, 0.1) is 5.69 Å². The van der Waals surface area contributed by atoms with Gasteiger partial charge in [-0.2, -0.15) is 13.2 Å². The molecule has 4 N–H and O–H groups in total. The minimum atomic E-state index is -4.26. The number of nitrogens with two attached hydrogens (primary N) is 1. The van der Waals surface area contributed by atoms with Crippen molar-refractivity contribution in [3.05, 3.63) is 18.2 Å². The van der Waals surface area contributed by atoms with Crippen LogP contribution in [0.5, 0.6) is 0 Å². The zero-order chi connectivity index (χ0) is 15.4. The lowest BCUT2D eigenvalue weighted by molar-refractivity contribution is -0.0327. The van der Waals surface area contributed by atoms with Crippen LogP contribution in [0.25, 0.3) is 0 Å². The van der Waals surface area contributed by atoms with Gasteiger partial charge < -0.3 is 11.1 Å². The van der Waals surface area contributed by atoms with Crippen LogP contribution in [-0.2, 0) is 10.0 Å². The van der Waals surface area contributed by atoms with E-state index in [4.69, 9.17) is 5.73 Å². The Labute approximate surface area is 119 Å². The third kappa shape index (κ3) is 5.10. The van der Waals surface area contributed by atoms with Crippen molar-refractivity contribution in [3.8, 4) is 0 Å². The summed E-state index contributed by atoms with van der Waals surface area (Å²) in [6.45, 7) is 0.0851. The molecule has 0 aromatic heterocycles. The molecule has 1 rings (SSSR count). The van der Waals surface area contributed by atoms with Crippen LogP contribution in [0, 0.1) is 0 Å². The number of anilines is 2. The minimum absolute atomic E-state index is 0.0211. The number of hydrogen-bond donors (Lipinski definition) is 3. The van der Waals surface area contributed by atoms with Crippen molar-refractivity contribution in [1.29, 1.82) is 0 Å². The highest BCUT2D eigenvalue weighted by Crippen LogP contribution is 2.29. The van der Waals surface area contributed by atoms with E-state index in [1.807, 2.05) is 0 Å². The monoisotopic (exact) mass is 329 g/mol. The molecule has 0 aliphatic heterocycles. The molecular weight excluding hydrogens is 315 g/mol. The first kappa shape index (κ1) is 16.9. The van der Waals surface area contributed by atoms with Crippen molar-refractivity contribution in [2.24, 2.45) is 0 Å². The molecule has 0 aliphatic carbocycles. The van der Waals surface area contributed by atoms with Crippen LogP contribution in [0.2, 0.25) is 0 Å². The van der Waals surface area contributed by atoms with Gasteiger partial charge in [0.25, 0.3) is 0 Å². The van der Waals surface area contributed by atoms with E-state index >= 15 is 0 Å². The maximum atomic E-state index is 11.9.